The SMILES string of the molecule is CCN1CCN(S(=O)(=O)CC2CCOCC2)c2ccccc21. The summed E-state index contributed by atoms with van der Waals surface area (Å²) in [5, 5.41) is 0. The lowest BCUT2D eigenvalue weighted by atomic mass is 10.0. The molecule has 5 nitrogen and oxygen atoms in total. The zero-order chi connectivity index (χ0) is 15.6. The summed E-state index contributed by atoms with van der Waals surface area (Å²) in [6.07, 6.45) is 1.69. The highest BCUT2D eigenvalue weighted by atomic mass is 32.2. The van der Waals surface area contributed by atoms with Crippen LogP contribution in [0.3, 0.4) is 0 Å². The van der Waals surface area contributed by atoms with Crippen molar-refractivity contribution in [2.75, 3.05) is 47.8 Å². The molecule has 6 heteroatoms. The number of fused-ring (bicyclic) bond motifs is 1. The van der Waals surface area contributed by atoms with E-state index in [0.717, 1.165) is 37.3 Å². The summed E-state index contributed by atoms with van der Waals surface area (Å²) in [6.45, 7) is 5.64. The third-order valence-electron chi connectivity index (χ3n) is 4.57. The molecule has 0 radical (unpaired) electrons. The van der Waals surface area contributed by atoms with Gasteiger partial charge in [-0.25, -0.2) is 8.42 Å². The quantitative estimate of drug-likeness (QED) is 0.851. The zero-order valence-electron chi connectivity index (χ0n) is 13.1. The van der Waals surface area contributed by atoms with Crippen molar-refractivity contribution in [1.82, 2.24) is 0 Å². The first kappa shape index (κ1) is 15.6. The van der Waals surface area contributed by atoms with Crippen molar-refractivity contribution in [2.45, 2.75) is 19.8 Å². The standard InChI is InChI=1S/C16H24N2O3S/c1-2-17-9-10-18(16-6-4-3-5-15(16)17)22(19,20)13-14-7-11-21-12-8-14/h3-6,14H,2,7-13H2,1H3. The number of rotatable bonds is 4. The first-order chi connectivity index (χ1) is 10.6. The van der Waals surface area contributed by atoms with Gasteiger partial charge in [-0.05, 0) is 37.8 Å². The molecular formula is C16H24N2O3S. The average Bonchev–Trinajstić information content (AvgIpc) is 2.54. The molecule has 0 saturated carbocycles. The molecular weight excluding hydrogens is 300 g/mol. The number of hydrogen-bond donors (Lipinski definition) is 0. The average molecular weight is 324 g/mol. The predicted molar refractivity (Wildman–Crippen MR) is 89.0 cm³/mol. The molecule has 0 unspecified atom stereocenters. The maximum Gasteiger partial charge on any atom is 0.235 e. The normalized spacial score (nSPS) is 20.0. The number of likely N-dealkylation sites (N-methyl/N-ethyl adjacent to an activating group) is 1. The fourth-order valence-corrected chi connectivity index (χ4v) is 5.24. The van der Waals surface area contributed by atoms with Gasteiger partial charge in [0.2, 0.25) is 10.0 Å². The van der Waals surface area contributed by atoms with Crippen molar-refractivity contribution in [3.63, 3.8) is 0 Å². The van der Waals surface area contributed by atoms with Gasteiger partial charge in [0.15, 0.2) is 0 Å². The number of para-hydroxylation sites is 2. The molecule has 2 aliphatic rings. The molecule has 2 heterocycles. The van der Waals surface area contributed by atoms with Crippen LogP contribution >= 0.6 is 0 Å². The van der Waals surface area contributed by atoms with Gasteiger partial charge in [-0.15, -0.1) is 0 Å². The van der Waals surface area contributed by atoms with Gasteiger partial charge >= 0.3 is 0 Å². The maximum atomic E-state index is 12.9. The Bertz CT molecular complexity index is 612. The second-order valence-corrected chi connectivity index (χ2v) is 7.91. The predicted octanol–water partition coefficient (Wildman–Crippen LogP) is 2.09. The number of nitrogens with zero attached hydrogens (tertiary/aromatic N) is 2. The Labute approximate surface area is 132 Å². The minimum atomic E-state index is -3.28. The summed E-state index contributed by atoms with van der Waals surface area (Å²) in [6, 6.07) is 7.80. The molecule has 0 aromatic heterocycles. The third kappa shape index (κ3) is 3.08. The van der Waals surface area contributed by atoms with Gasteiger partial charge in [0.25, 0.3) is 0 Å². The second kappa shape index (κ2) is 6.46. The Hall–Kier alpha value is -1.27. The highest BCUT2D eigenvalue weighted by molar-refractivity contribution is 7.92. The van der Waals surface area contributed by atoms with Crippen molar-refractivity contribution in [3.05, 3.63) is 24.3 Å². The number of hydrogen-bond acceptors (Lipinski definition) is 4. The molecule has 0 atom stereocenters. The molecule has 2 aliphatic heterocycles. The number of ether oxygens (including phenoxy) is 1. The first-order valence-electron chi connectivity index (χ1n) is 8.04. The largest absolute Gasteiger partial charge is 0.381 e. The van der Waals surface area contributed by atoms with E-state index in [-0.39, 0.29) is 11.7 Å². The Morgan fingerprint density at radius 1 is 1.14 bits per heavy atom. The molecule has 0 aliphatic carbocycles. The first-order valence-corrected chi connectivity index (χ1v) is 9.65. The van der Waals surface area contributed by atoms with Gasteiger partial charge in [0.1, 0.15) is 0 Å². The number of anilines is 2. The van der Waals surface area contributed by atoms with Gasteiger partial charge in [-0.3, -0.25) is 4.31 Å². The van der Waals surface area contributed by atoms with Crippen molar-refractivity contribution in [1.29, 1.82) is 0 Å². The molecule has 22 heavy (non-hydrogen) atoms. The van der Waals surface area contributed by atoms with Crippen LogP contribution in [-0.4, -0.2) is 47.0 Å². The molecule has 1 aromatic rings. The van der Waals surface area contributed by atoms with E-state index in [4.69, 9.17) is 4.74 Å². The van der Waals surface area contributed by atoms with Crippen LogP contribution in [0, 0.1) is 5.92 Å². The molecule has 0 N–H and O–H groups in total. The summed E-state index contributed by atoms with van der Waals surface area (Å²) < 4.78 is 32.7. The van der Waals surface area contributed by atoms with Crippen molar-refractivity contribution in [2.24, 2.45) is 5.92 Å². The van der Waals surface area contributed by atoms with Gasteiger partial charge in [-0.1, -0.05) is 12.1 Å². The molecule has 0 amide bonds. The number of benzene rings is 1. The van der Waals surface area contributed by atoms with E-state index in [1.54, 1.807) is 4.31 Å². The van der Waals surface area contributed by atoms with E-state index >= 15 is 0 Å². The maximum absolute atomic E-state index is 12.9. The van der Waals surface area contributed by atoms with Crippen LogP contribution in [0.4, 0.5) is 11.4 Å². The number of sulfonamides is 1. The highest BCUT2D eigenvalue weighted by Crippen LogP contribution is 2.35. The summed E-state index contributed by atoms with van der Waals surface area (Å²) in [4.78, 5) is 2.23. The van der Waals surface area contributed by atoms with E-state index < -0.39 is 10.0 Å². The Morgan fingerprint density at radius 3 is 2.50 bits per heavy atom. The van der Waals surface area contributed by atoms with Crippen LogP contribution in [0.2, 0.25) is 0 Å². The van der Waals surface area contributed by atoms with Gasteiger partial charge in [0, 0.05) is 26.3 Å². The molecule has 1 fully saturated rings. The van der Waals surface area contributed by atoms with Crippen LogP contribution in [0.5, 0.6) is 0 Å². The molecule has 1 saturated heterocycles. The summed E-state index contributed by atoms with van der Waals surface area (Å²) in [5.41, 5.74) is 1.84. The zero-order valence-corrected chi connectivity index (χ0v) is 13.9. The Morgan fingerprint density at radius 2 is 1.82 bits per heavy atom. The molecule has 0 spiro atoms. The summed E-state index contributed by atoms with van der Waals surface area (Å²) >= 11 is 0. The van der Waals surface area contributed by atoms with E-state index in [9.17, 15) is 8.42 Å². The van der Waals surface area contributed by atoms with Crippen LogP contribution in [0.15, 0.2) is 24.3 Å². The Kier molecular flexibility index (Phi) is 4.59. The molecule has 122 valence electrons. The second-order valence-electron chi connectivity index (χ2n) is 5.97. The minimum Gasteiger partial charge on any atom is -0.381 e. The lowest BCUT2D eigenvalue weighted by molar-refractivity contribution is 0.0723. The fourth-order valence-electron chi connectivity index (χ4n) is 3.31. The minimum absolute atomic E-state index is 0.218. The Balaban J connectivity index is 1.84. The van der Waals surface area contributed by atoms with Gasteiger partial charge < -0.3 is 9.64 Å². The lowest BCUT2D eigenvalue weighted by Gasteiger charge is -2.38. The molecule has 1 aromatic carbocycles. The lowest BCUT2D eigenvalue weighted by Crippen LogP contribution is -2.45. The molecule has 3 rings (SSSR count). The smallest absolute Gasteiger partial charge is 0.235 e. The highest BCUT2D eigenvalue weighted by Gasteiger charge is 2.32. The fraction of sp³-hybridized carbons (Fsp3) is 0.625. The van der Waals surface area contributed by atoms with Crippen LogP contribution in [-0.2, 0) is 14.8 Å². The van der Waals surface area contributed by atoms with Crippen molar-refractivity contribution < 1.29 is 13.2 Å². The topological polar surface area (TPSA) is 49.9 Å². The monoisotopic (exact) mass is 324 g/mol. The van der Waals surface area contributed by atoms with Gasteiger partial charge in [-0.2, -0.15) is 0 Å². The van der Waals surface area contributed by atoms with Crippen LogP contribution < -0.4 is 9.21 Å². The molecule has 0 bridgehead atoms. The summed E-state index contributed by atoms with van der Waals surface area (Å²) in [5.74, 6) is 0.451. The van der Waals surface area contributed by atoms with E-state index in [1.807, 2.05) is 24.3 Å². The van der Waals surface area contributed by atoms with Crippen molar-refractivity contribution >= 4 is 21.4 Å². The van der Waals surface area contributed by atoms with Gasteiger partial charge in [0.05, 0.1) is 23.7 Å². The van der Waals surface area contributed by atoms with Crippen LogP contribution in [0.25, 0.3) is 0 Å². The third-order valence-corrected chi connectivity index (χ3v) is 6.51. The van der Waals surface area contributed by atoms with E-state index in [1.165, 1.54) is 0 Å². The summed E-state index contributed by atoms with van der Waals surface area (Å²) in [7, 11) is -3.28. The van der Waals surface area contributed by atoms with E-state index in [0.29, 0.717) is 19.8 Å². The van der Waals surface area contributed by atoms with E-state index in [2.05, 4.69) is 11.8 Å². The van der Waals surface area contributed by atoms with Crippen LogP contribution in [0.1, 0.15) is 19.8 Å². The van der Waals surface area contributed by atoms with Crippen molar-refractivity contribution in [3.8, 4) is 0 Å².